The van der Waals surface area contributed by atoms with Crippen molar-refractivity contribution in [2.24, 2.45) is 5.73 Å². The summed E-state index contributed by atoms with van der Waals surface area (Å²) < 4.78 is 27.9. The van der Waals surface area contributed by atoms with Crippen LogP contribution in [-0.2, 0) is 14.6 Å². The maximum atomic E-state index is 11.6. The van der Waals surface area contributed by atoms with Gasteiger partial charge in [-0.15, -0.1) is 0 Å². The van der Waals surface area contributed by atoms with E-state index in [1.54, 1.807) is 6.92 Å². The van der Waals surface area contributed by atoms with Gasteiger partial charge in [0.25, 0.3) is 0 Å². The van der Waals surface area contributed by atoms with Gasteiger partial charge in [0.2, 0.25) is 5.91 Å². The van der Waals surface area contributed by atoms with E-state index in [0.29, 0.717) is 0 Å². The second kappa shape index (κ2) is 5.18. The van der Waals surface area contributed by atoms with Crippen LogP contribution in [0.25, 0.3) is 0 Å². The van der Waals surface area contributed by atoms with Gasteiger partial charge in [0.15, 0.2) is 9.84 Å². The summed E-state index contributed by atoms with van der Waals surface area (Å²) in [6.07, 6.45) is 0.940. The predicted octanol–water partition coefficient (Wildman–Crippen LogP) is 0.366. The number of primary amides is 1. The van der Waals surface area contributed by atoms with Crippen molar-refractivity contribution in [1.82, 2.24) is 0 Å². The van der Waals surface area contributed by atoms with E-state index in [0.717, 1.165) is 12.3 Å². The Kier molecular flexibility index (Phi) is 4.07. The first-order valence-electron chi connectivity index (χ1n) is 5.08. The molecule has 0 radical (unpaired) electrons. The molecule has 18 heavy (non-hydrogen) atoms. The summed E-state index contributed by atoms with van der Waals surface area (Å²) in [5, 5.41) is 0. The number of sulfone groups is 1. The number of hydrogen-bond donors (Lipinski definition) is 1. The van der Waals surface area contributed by atoms with Gasteiger partial charge in [0.05, 0.1) is 17.1 Å². The molecule has 2 N–H and O–H groups in total. The maximum absolute atomic E-state index is 11.6. The molecule has 0 bridgehead atoms. The fourth-order valence-corrected chi connectivity index (χ4v) is 2.25. The largest absolute Gasteiger partial charge is 0.462 e. The first-order chi connectivity index (χ1) is 8.27. The third-order valence-electron chi connectivity index (χ3n) is 2.16. The SMILES string of the molecule is CCOC(=O)c1ccc(C(N)=O)cc1S(C)(=O)=O. The first kappa shape index (κ1) is 14.2. The Bertz CT molecular complexity index is 591. The van der Waals surface area contributed by atoms with Crippen LogP contribution in [0.15, 0.2) is 23.1 Å². The van der Waals surface area contributed by atoms with Crippen molar-refractivity contribution in [3.8, 4) is 0 Å². The van der Waals surface area contributed by atoms with Gasteiger partial charge in [-0.25, -0.2) is 13.2 Å². The van der Waals surface area contributed by atoms with Crippen LogP contribution in [0.4, 0.5) is 0 Å². The number of rotatable bonds is 4. The summed E-state index contributed by atoms with van der Waals surface area (Å²) in [4.78, 5) is 22.3. The lowest BCUT2D eigenvalue weighted by molar-refractivity contribution is 0.0521. The minimum atomic E-state index is -3.66. The van der Waals surface area contributed by atoms with Crippen molar-refractivity contribution in [3.63, 3.8) is 0 Å². The third-order valence-corrected chi connectivity index (χ3v) is 3.30. The van der Waals surface area contributed by atoms with E-state index < -0.39 is 21.7 Å². The standard InChI is InChI=1S/C11H13NO5S/c1-3-17-11(14)8-5-4-7(10(12)13)6-9(8)18(2,15)16/h4-6H,3H2,1-2H3,(H2,12,13). The number of ether oxygens (including phenoxy) is 1. The third kappa shape index (κ3) is 3.07. The molecule has 6 nitrogen and oxygen atoms in total. The highest BCUT2D eigenvalue weighted by Crippen LogP contribution is 2.19. The fraction of sp³-hybridized carbons (Fsp3) is 0.273. The van der Waals surface area contributed by atoms with E-state index in [9.17, 15) is 18.0 Å². The number of benzene rings is 1. The summed E-state index contributed by atoms with van der Waals surface area (Å²) in [6.45, 7) is 1.73. The molecule has 0 aliphatic rings. The molecule has 7 heteroatoms. The van der Waals surface area contributed by atoms with Crippen LogP contribution < -0.4 is 5.73 Å². The van der Waals surface area contributed by atoms with Crippen LogP contribution in [0.1, 0.15) is 27.6 Å². The highest BCUT2D eigenvalue weighted by Gasteiger charge is 2.21. The van der Waals surface area contributed by atoms with Crippen LogP contribution in [0, 0.1) is 0 Å². The topological polar surface area (TPSA) is 104 Å². The molecule has 1 amide bonds. The molecule has 0 fully saturated rings. The zero-order chi connectivity index (χ0) is 13.9. The van der Waals surface area contributed by atoms with Gasteiger partial charge >= 0.3 is 5.97 Å². The Morgan fingerprint density at radius 3 is 2.39 bits per heavy atom. The lowest BCUT2D eigenvalue weighted by Gasteiger charge is -2.08. The summed E-state index contributed by atoms with van der Waals surface area (Å²) in [6, 6.07) is 3.57. The minimum Gasteiger partial charge on any atom is -0.462 e. The summed E-state index contributed by atoms with van der Waals surface area (Å²) in [7, 11) is -3.66. The lowest BCUT2D eigenvalue weighted by Crippen LogP contribution is -2.15. The zero-order valence-corrected chi connectivity index (χ0v) is 10.8. The molecule has 1 aromatic carbocycles. The molecule has 0 saturated heterocycles. The first-order valence-corrected chi connectivity index (χ1v) is 6.97. The van der Waals surface area contributed by atoms with E-state index in [1.165, 1.54) is 12.1 Å². The molecule has 98 valence electrons. The van der Waals surface area contributed by atoms with Crippen LogP contribution >= 0.6 is 0 Å². The number of amides is 1. The number of hydrogen-bond acceptors (Lipinski definition) is 5. The van der Waals surface area contributed by atoms with Gasteiger partial charge in [-0.3, -0.25) is 4.79 Å². The Hall–Kier alpha value is -1.89. The van der Waals surface area contributed by atoms with Gasteiger partial charge < -0.3 is 10.5 Å². The van der Waals surface area contributed by atoms with Crippen molar-refractivity contribution in [2.75, 3.05) is 12.9 Å². The van der Waals surface area contributed by atoms with Crippen molar-refractivity contribution in [1.29, 1.82) is 0 Å². The Balaban J connectivity index is 3.44. The molecule has 0 aliphatic carbocycles. The monoisotopic (exact) mass is 271 g/mol. The molecule has 0 atom stereocenters. The van der Waals surface area contributed by atoms with E-state index >= 15 is 0 Å². The normalized spacial score (nSPS) is 11.0. The molecule has 1 aromatic rings. The molecule has 0 aromatic heterocycles. The number of carbonyl (C=O) groups excluding carboxylic acids is 2. The maximum Gasteiger partial charge on any atom is 0.339 e. The highest BCUT2D eigenvalue weighted by atomic mass is 32.2. The number of carbonyl (C=O) groups is 2. The van der Waals surface area contributed by atoms with Crippen LogP contribution in [0.3, 0.4) is 0 Å². The van der Waals surface area contributed by atoms with Crippen molar-refractivity contribution in [2.45, 2.75) is 11.8 Å². The van der Waals surface area contributed by atoms with E-state index in [4.69, 9.17) is 10.5 Å². The predicted molar refractivity (Wildman–Crippen MR) is 64.0 cm³/mol. The number of esters is 1. The molecule has 0 heterocycles. The molecule has 1 rings (SSSR count). The van der Waals surface area contributed by atoms with Crippen molar-refractivity contribution >= 4 is 21.7 Å². The molecule has 0 spiro atoms. The zero-order valence-electron chi connectivity index (χ0n) is 9.97. The second-order valence-corrected chi connectivity index (χ2v) is 5.55. The lowest BCUT2D eigenvalue weighted by atomic mass is 10.1. The van der Waals surface area contributed by atoms with Crippen LogP contribution in [0.2, 0.25) is 0 Å². The van der Waals surface area contributed by atoms with Gasteiger partial charge in [0.1, 0.15) is 0 Å². The van der Waals surface area contributed by atoms with Crippen LogP contribution in [-0.4, -0.2) is 33.2 Å². The molecular formula is C11H13NO5S. The average Bonchev–Trinajstić information content (AvgIpc) is 2.27. The molecule has 0 aliphatic heterocycles. The Labute approximate surface area is 105 Å². The highest BCUT2D eigenvalue weighted by molar-refractivity contribution is 7.90. The van der Waals surface area contributed by atoms with E-state index in [1.807, 2.05) is 0 Å². The average molecular weight is 271 g/mol. The van der Waals surface area contributed by atoms with Gasteiger partial charge in [-0.05, 0) is 25.1 Å². The van der Waals surface area contributed by atoms with Crippen molar-refractivity contribution < 1.29 is 22.7 Å². The fourth-order valence-electron chi connectivity index (χ4n) is 1.36. The summed E-state index contributed by atoms with van der Waals surface area (Å²) in [5.41, 5.74) is 4.97. The van der Waals surface area contributed by atoms with Crippen LogP contribution in [0.5, 0.6) is 0 Å². The quantitative estimate of drug-likeness (QED) is 0.796. The minimum absolute atomic E-state index is 0.0171. The molecule has 0 unspecified atom stereocenters. The van der Waals surface area contributed by atoms with Gasteiger partial charge in [-0.1, -0.05) is 0 Å². The summed E-state index contributed by atoms with van der Waals surface area (Å²) in [5.74, 6) is -1.52. The summed E-state index contributed by atoms with van der Waals surface area (Å²) >= 11 is 0. The molecule has 0 saturated carbocycles. The smallest absolute Gasteiger partial charge is 0.339 e. The van der Waals surface area contributed by atoms with E-state index in [-0.39, 0.29) is 22.6 Å². The second-order valence-electron chi connectivity index (χ2n) is 3.57. The number of nitrogens with two attached hydrogens (primary N) is 1. The van der Waals surface area contributed by atoms with Gasteiger partial charge in [-0.2, -0.15) is 0 Å². The molecular weight excluding hydrogens is 258 g/mol. The van der Waals surface area contributed by atoms with Gasteiger partial charge in [0, 0.05) is 11.8 Å². The Morgan fingerprint density at radius 1 is 1.33 bits per heavy atom. The van der Waals surface area contributed by atoms with E-state index in [2.05, 4.69) is 0 Å². The Morgan fingerprint density at radius 2 is 1.94 bits per heavy atom. The van der Waals surface area contributed by atoms with Crippen molar-refractivity contribution in [3.05, 3.63) is 29.3 Å².